The predicted octanol–water partition coefficient (Wildman–Crippen LogP) is 3.63. The number of rotatable bonds is 4. The van der Waals surface area contributed by atoms with E-state index in [-0.39, 0.29) is 0 Å². The fourth-order valence-corrected chi connectivity index (χ4v) is 2.22. The number of benzene rings is 1. The lowest BCUT2D eigenvalue weighted by Gasteiger charge is -2.08. The highest BCUT2D eigenvalue weighted by Gasteiger charge is 1.99. The highest BCUT2D eigenvalue weighted by Crippen LogP contribution is 2.17. The van der Waals surface area contributed by atoms with Crippen molar-refractivity contribution in [2.75, 3.05) is 5.32 Å². The maximum absolute atomic E-state index is 4.06. The molecule has 2 rings (SSSR count). The van der Waals surface area contributed by atoms with Gasteiger partial charge in [-0.1, -0.05) is 13.0 Å². The second kappa shape index (κ2) is 5.12. The molecule has 1 aromatic heterocycles. The van der Waals surface area contributed by atoms with E-state index in [0.29, 0.717) is 0 Å². The zero-order chi connectivity index (χ0) is 11.4. The smallest absolute Gasteiger partial charge is 0.0794 e. The number of aryl methyl sites for hydroxylation is 2. The molecule has 1 N–H and O–H groups in total. The second-order valence-electron chi connectivity index (χ2n) is 3.82. The number of aromatic nitrogens is 1. The van der Waals surface area contributed by atoms with Crippen LogP contribution in [0.1, 0.15) is 22.9 Å². The Hall–Kier alpha value is -1.35. The molecular weight excluding hydrogens is 216 g/mol. The summed E-state index contributed by atoms with van der Waals surface area (Å²) in [5, 5.41) is 3.42. The summed E-state index contributed by atoms with van der Waals surface area (Å²) < 4.78 is 0. The van der Waals surface area contributed by atoms with Gasteiger partial charge < -0.3 is 5.32 Å². The SMILES string of the molecule is CCc1cc(NCc2cncs2)ccc1C. The van der Waals surface area contributed by atoms with Crippen LogP contribution in [-0.2, 0) is 13.0 Å². The van der Waals surface area contributed by atoms with Crippen molar-refractivity contribution in [3.8, 4) is 0 Å². The van der Waals surface area contributed by atoms with Crippen LogP contribution in [0, 0.1) is 6.92 Å². The Morgan fingerprint density at radius 2 is 2.25 bits per heavy atom. The van der Waals surface area contributed by atoms with Gasteiger partial charge in [0, 0.05) is 16.8 Å². The lowest BCUT2D eigenvalue weighted by atomic mass is 10.1. The molecule has 3 heteroatoms. The fraction of sp³-hybridized carbons (Fsp3) is 0.308. The van der Waals surface area contributed by atoms with Crippen LogP contribution in [0.15, 0.2) is 29.9 Å². The van der Waals surface area contributed by atoms with Crippen molar-refractivity contribution in [2.45, 2.75) is 26.8 Å². The van der Waals surface area contributed by atoms with E-state index >= 15 is 0 Å². The van der Waals surface area contributed by atoms with Crippen molar-refractivity contribution in [3.63, 3.8) is 0 Å². The van der Waals surface area contributed by atoms with Gasteiger partial charge in [-0.2, -0.15) is 0 Å². The fourth-order valence-electron chi connectivity index (χ4n) is 1.68. The summed E-state index contributed by atoms with van der Waals surface area (Å²) in [5.41, 5.74) is 5.83. The molecule has 2 aromatic rings. The first-order valence-corrected chi connectivity index (χ1v) is 6.38. The number of nitrogens with zero attached hydrogens (tertiary/aromatic N) is 1. The standard InChI is InChI=1S/C13H16N2S/c1-3-11-6-12(5-4-10(11)2)15-8-13-7-14-9-16-13/h4-7,9,15H,3,8H2,1-2H3. The first-order valence-electron chi connectivity index (χ1n) is 5.50. The second-order valence-corrected chi connectivity index (χ2v) is 4.79. The summed E-state index contributed by atoms with van der Waals surface area (Å²) in [6.45, 7) is 5.21. The van der Waals surface area contributed by atoms with Crippen LogP contribution < -0.4 is 5.32 Å². The molecule has 0 amide bonds. The van der Waals surface area contributed by atoms with Crippen molar-refractivity contribution in [3.05, 3.63) is 45.9 Å². The van der Waals surface area contributed by atoms with E-state index in [2.05, 4.69) is 42.3 Å². The maximum atomic E-state index is 4.06. The molecule has 0 saturated carbocycles. The van der Waals surface area contributed by atoms with E-state index in [1.807, 2.05) is 11.7 Å². The van der Waals surface area contributed by atoms with Gasteiger partial charge in [-0.25, -0.2) is 0 Å². The van der Waals surface area contributed by atoms with E-state index in [1.165, 1.54) is 21.7 Å². The molecule has 0 bridgehead atoms. The summed E-state index contributed by atoms with van der Waals surface area (Å²) in [6.07, 6.45) is 2.99. The minimum atomic E-state index is 0.858. The van der Waals surface area contributed by atoms with Crippen LogP contribution in [0.25, 0.3) is 0 Å². The first kappa shape index (κ1) is 11.1. The minimum Gasteiger partial charge on any atom is -0.380 e. The van der Waals surface area contributed by atoms with Gasteiger partial charge >= 0.3 is 0 Å². The lowest BCUT2D eigenvalue weighted by Crippen LogP contribution is -1.98. The summed E-state index contributed by atoms with van der Waals surface area (Å²) in [5.74, 6) is 0. The molecular formula is C13H16N2S. The molecule has 1 heterocycles. The molecule has 0 radical (unpaired) electrons. The average molecular weight is 232 g/mol. The Morgan fingerprint density at radius 1 is 1.38 bits per heavy atom. The van der Waals surface area contributed by atoms with Crippen molar-refractivity contribution < 1.29 is 0 Å². The van der Waals surface area contributed by atoms with Gasteiger partial charge in [-0.15, -0.1) is 11.3 Å². The Kier molecular flexibility index (Phi) is 3.57. The van der Waals surface area contributed by atoms with Crippen molar-refractivity contribution in [1.29, 1.82) is 0 Å². The zero-order valence-corrected chi connectivity index (χ0v) is 10.5. The topological polar surface area (TPSA) is 24.9 Å². The minimum absolute atomic E-state index is 0.858. The molecule has 16 heavy (non-hydrogen) atoms. The first-order chi connectivity index (χ1) is 7.79. The molecule has 0 saturated heterocycles. The van der Waals surface area contributed by atoms with E-state index < -0.39 is 0 Å². The normalized spacial score (nSPS) is 10.4. The molecule has 0 aliphatic rings. The van der Waals surface area contributed by atoms with Gasteiger partial charge in [0.1, 0.15) is 0 Å². The van der Waals surface area contributed by atoms with Gasteiger partial charge in [0.15, 0.2) is 0 Å². The predicted molar refractivity (Wildman–Crippen MR) is 70.0 cm³/mol. The van der Waals surface area contributed by atoms with Crippen LogP contribution in [0.2, 0.25) is 0 Å². The number of anilines is 1. The van der Waals surface area contributed by atoms with Crippen LogP contribution in [0.4, 0.5) is 5.69 Å². The number of hydrogen-bond donors (Lipinski definition) is 1. The summed E-state index contributed by atoms with van der Waals surface area (Å²) in [7, 11) is 0. The maximum Gasteiger partial charge on any atom is 0.0794 e. The third-order valence-corrected chi connectivity index (χ3v) is 3.46. The zero-order valence-electron chi connectivity index (χ0n) is 9.66. The van der Waals surface area contributed by atoms with Gasteiger partial charge in [0.25, 0.3) is 0 Å². The molecule has 1 aromatic carbocycles. The van der Waals surface area contributed by atoms with Crippen molar-refractivity contribution >= 4 is 17.0 Å². The summed E-state index contributed by atoms with van der Waals surface area (Å²) in [6, 6.07) is 6.54. The highest BCUT2D eigenvalue weighted by molar-refractivity contribution is 7.09. The van der Waals surface area contributed by atoms with Crippen LogP contribution in [0.3, 0.4) is 0 Å². The van der Waals surface area contributed by atoms with Gasteiger partial charge in [-0.3, -0.25) is 4.98 Å². The van der Waals surface area contributed by atoms with Crippen LogP contribution in [-0.4, -0.2) is 4.98 Å². The molecule has 0 spiro atoms. The summed E-state index contributed by atoms with van der Waals surface area (Å²) in [4.78, 5) is 5.32. The highest BCUT2D eigenvalue weighted by atomic mass is 32.1. The van der Waals surface area contributed by atoms with Gasteiger partial charge in [-0.05, 0) is 36.6 Å². The van der Waals surface area contributed by atoms with Gasteiger partial charge in [0.2, 0.25) is 0 Å². The molecule has 2 nitrogen and oxygen atoms in total. The Morgan fingerprint density at radius 3 is 2.94 bits per heavy atom. The third kappa shape index (κ3) is 2.61. The average Bonchev–Trinajstić information content (AvgIpc) is 2.81. The third-order valence-electron chi connectivity index (χ3n) is 2.68. The Balaban J connectivity index is 2.04. The lowest BCUT2D eigenvalue weighted by molar-refractivity contribution is 1.10. The van der Waals surface area contributed by atoms with Crippen molar-refractivity contribution in [2.24, 2.45) is 0 Å². The molecule has 0 aliphatic heterocycles. The van der Waals surface area contributed by atoms with E-state index in [9.17, 15) is 0 Å². The number of nitrogens with one attached hydrogen (secondary N) is 1. The molecule has 0 atom stereocenters. The molecule has 84 valence electrons. The largest absolute Gasteiger partial charge is 0.380 e. The molecule has 0 fully saturated rings. The van der Waals surface area contributed by atoms with Crippen molar-refractivity contribution in [1.82, 2.24) is 4.98 Å². The van der Waals surface area contributed by atoms with E-state index in [4.69, 9.17) is 0 Å². The number of hydrogen-bond acceptors (Lipinski definition) is 3. The van der Waals surface area contributed by atoms with E-state index in [0.717, 1.165) is 13.0 Å². The number of thiazole rings is 1. The summed E-state index contributed by atoms with van der Waals surface area (Å²) >= 11 is 1.68. The van der Waals surface area contributed by atoms with Crippen LogP contribution >= 0.6 is 11.3 Å². The Labute approximate surface area is 100 Å². The quantitative estimate of drug-likeness (QED) is 0.870. The molecule has 0 aliphatic carbocycles. The van der Waals surface area contributed by atoms with Crippen LogP contribution in [0.5, 0.6) is 0 Å². The molecule has 0 unspecified atom stereocenters. The monoisotopic (exact) mass is 232 g/mol. The van der Waals surface area contributed by atoms with E-state index in [1.54, 1.807) is 11.3 Å². The Bertz CT molecular complexity index is 449. The van der Waals surface area contributed by atoms with Gasteiger partial charge in [0.05, 0.1) is 12.1 Å².